The summed E-state index contributed by atoms with van der Waals surface area (Å²) in [6.45, 7) is 7.30. The highest BCUT2D eigenvalue weighted by Gasteiger charge is 2.22. The number of ether oxygens (including phenoxy) is 2. The lowest BCUT2D eigenvalue weighted by Gasteiger charge is -2.30. The largest absolute Gasteiger partial charge is 0.493 e. The highest BCUT2D eigenvalue weighted by atomic mass is 16.5. The number of carbonyl (C=O) groups is 1. The Balaban J connectivity index is 1.74. The molecule has 1 aliphatic rings. The zero-order valence-corrected chi connectivity index (χ0v) is 16.6. The lowest BCUT2D eigenvalue weighted by Crippen LogP contribution is -2.31. The van der Waals surface area contributed by atoms with Crippen LogP contribution in [0.5, 0.6) is 11.5 Å². The van der Waals surface area contributed by atoms with E-state index >= 15 is 0 Å². The van der Waals surface area contributed by atoms with E-state index in [1.165, 1.54) is 11.1 Å². The fraction of sp³-hybridized carbons (Fsp3) is 0.429. The predicted molar refractivity (Wildman–Crippen MR) is 107 cm³/mol. The van der Waals surface area contributed by atoms with E-state index in [1.54, 1.807) is 20.4 Å². The van der Waals surface area contributed by atoms with Crippen molar-refractivity contribution in [3.63, 3.8) is 0 Å². The molecule has 0 saturated heterocycles. The smallest absolute Gasteiger partial charge is 0.229 e. The molecule has 0 unspecified atom stereocenters. The van der Waals surface area contributed by atoms with Crippen LogP contribution < -0.4 is 19.7 Å². The Kier molecular flexibility index (Phi) is 5.26. The molecule has 1 amide bonds. The number of nitrogens with one attached hydrogen (secondary N) is 1. The van der Waals surface area contributed by atoms with Gasteiger partial charge in [-0.05, 0) is 41.8 Å². The first-order valence-corrected chi connectivity index (χ1v) is 9.08. The van der Waals surface area contributed by atoms with Crippen molar-refractivity contribution in [2.75, 3.05) is 31.0 Å². The minimum Gasteiger partial charge on any atom is -0.493 e. The molecule has 27 heavy (non-hydrogen) atoms. The van der Waals surface area contributed by atoms with Crippen LogP contribution in [0.4, 0.5) is 11.5 Å². The Labute approximate surface area is 160 Å². The van der Waals surface area contributed by atoms with Crippen LogP contribution in [-0.2, 0) is 17.8 Å². The summed E-state index contributed by atoms with van der Waals surface area (Å²) < 4.78 is 10.8. The van der Waals surface area contributed by atoms with Crippen molar-refractivity contribution < 1.29 is 14.3 Å². The van der Waals surface area contributed by atoms with Crippen molar-refractivity contribution in [3.8, 4) is 11.5 Å². The molecule has 0 spiro atoms. The molecular weight excluding hydrogens is 342 g/mol. The molecule has 0 bridgehead atoms. The summed E-state index contributed by atoms with van der Waals surface area (Å²) in [6, 6.07) is 7.95. The van der Waals surface area contributed by atoms with Crippen LogP contribution in [0.1, 0.15) is 31.9 Å². The molecule has 6 heteroatoms. The van der Waals surface area contributed by atoms with Gasteiger partial charge in [-0.15, -0.1) is 0 Å². The lowest BCUT2D eigenvalue weighted by atomic mass is 9.95. The SMILES string of the molecule is COc1cc2c(cc1OC)CN(c1ccc(NC(=O)C(C)(C)C)cn1)CC2. The summed E-state index contributed by atoms with van der Waals surface area (Å²) >= 11 is 0. The standard InChI is InChI=1S/C21H27N3O3/c1-21(2,3)20(25)23-16-6-7-19(22-12-16)24-9-8-14-10-17(26-4)18(27-5)11-15(14)13-24/h6-7,10-12H,8-9,13H2,1-5H3,(H,23,25). The van der Waals surface area contributed by atoms with E-state index in [1.807, 2.05) is 39.0 Å². The number of hydrogen-bond acceptors (Lipinski definition) is 5. The number of methoxy groups -OCH3 is 2. The average molecular weight is 369 g/mol. The fourth-order valence-corrected chi connectivity index (χ4v) is 3.04. The first-order valence-electron chi connectivity index (χ1n) is 9.08. The van der Waals surface area contributed by atoms with Crippen LogP contribution in [0, 0.1) is 5.41 Å². The molecule has 2 aromatic rings. The van der Waals surface area contributed by atoms with Gasteiger partial charge in [0.05, 0.1) is 26.1 Å². The molecule has 1 aliphatic heterocycles. The van der Waals surface area contributed by atoms with Gasteiger partial charge in [-0.25, -0.2) is 4.98 Å². The summed E-state index contributed by atoms with van der Waals surface area (Å²) in [5.74, 6) is 2.38. The number of carbonyl (C=O) groups excluding carboxylic acids is 1. The maximum atomic E-state index is 12.1. The van der Waals surface area contributed by atoms with Gasteiger partial charge in [-0.2, -0.15) is 0 Å². The van der Waals surface area contributed by atoms with Crippen LogP contribution in [0.25, 0.3) is 0 Å². The Hall–Kier alpha value is -2.76. The summed E-state index contributed by atoms with van der Waals surface area (Å²) in [5, 5.41) is 2.91. The van der Waals surface area contributed by atoms with Gasteiger partial charge in [-0.3, -0.25) is 4.79 Å². The van der Waals surface area contributed by atoms with Gasteiger partial charge in [0.2, 0.25) is 5.91 Å². The number of hydrogen-bond donors (Lipinski definition) is 1. The molecule has 1 N–H and O–H groups in total. The number of aromatic nitrogens is 1. The van der Waals surface area contributed by atoms with Gasteiger partial charge in [0.25, 0.3) is 0 Å². The second-order valence-electron chi connectivity index (χ2n) is 7.76. The van der Waals surface area contributed by atoms with Crippen molar-refractivity contribution >= 4 is 17.4 Å². The maximum Gasteiger partial charge on any atom is 0.229 e. The normalized spacial score (nSPS) is 13.7. The number of anilines is 2. The van der Waals surface area contributed by atoms with E-state index in [9.17, 15) is 4.79 Å². The van der Waals surface area contributed by atoms with E-state index in [-0.39, 0.29) is 5.91 Å². The van der Waals surface area contributed by atoms with Gasteiger partial charge in [0.1, 0.15) is 5.82 Å². The highest BCUT2D eigenvalue weighted by Crippen LogP contribution is 2.34. The first-order chi connectivity index (χ1) is 12.8. The molecule has 0 saturated carbocycles. The number of fused-ring (bicyclic) bond motifs is 1. The molecule has 144 valence electrons. The Morgan fingerprint density at radius 3 is 2.33 bits per heavy atom. The Morgan fingerprint density at radius 2 is 1.78 bits per heavy atom. The molecule has 3 rings (SSSR count). The van der Waals surface area contributed by atoms with Crippen LogP contribution in [0.2, 0.25) is 0 Å². The third kappa shape index (κ3) is 4.15. The van der Waals surface area contributed by atoms with Crippen LogP contribution in [0.15, 0.2) is 30.5 Å². The number of rotatable bonds is 4. The highest BCUT2D eigenvalue weighted by molar-refractivity contribution is 5.94. The molecule has 1 aromatic heterocycles. The van der Waals surface area contributed by atoms with Gasteiger partial charge in [-0.1, -0.05) is 20.8 Å². The van der Waals surface area contributed by atoms with E-state index in [4.69, 9.17) is 9.47 Å². The molecule has 0 aliphatic carbocycles. The first kappa shape index (κ1) is 19.0. The van der Waals surface area contributed by atoms with Crippen LogP contribution in [-0.4, -0.2) is 31.7 Å². The van der Waals surface area contributed by atoms with Crippen molar-refractivity contribution in [2.45, 2.75) is 33.7 Å². The quantitative estimate of drug-likeness (QED) is 0.891. The van der Waals surface area contributed by atoms with E-state index in [0.717, 1.165) is 36.8 Å². The van der Waals surface area contributed by atoms with E-state index in [2.05, 4.69) is 21.3 Å². The summed E-state index contributed by atoms with van der Waals surface area (Å²) in [6.07, 6.45) is 2.63. The van der Waals surface area contributed by atoms with Gasteiger partial charge < -0.3 is 19.7 Å². The monoisotopic (exact) mass is 369 g/mol. The fourth-order valence-electron chi connectivity index (χ4n) is 3.04. The molecule has 0 radical (unpaired) electrons. The molecule has 0 fully saturated rings. The third-order valence-electron chi connectivity index (χ3n) is 4.73. The van der Waals surface area contributed by atoms with Gasteiger partial charge in [0.15, 0.2) is 11.5 Å². The second kappa shape index (κ2) is 7.47. The number of benzene rings is 1. The van der Waals surface area contributed by atoms with E-state index < -0.39 is 5.41 Å². The van der Waals surface area contributed by atoms with Gasteiger partial charge >= 0.3 is 0 Å². The van der Waals surface area contributed by atoms with Gasteiger partial charge in [0, 0.05) is 18.5 Å². The van der Waals surface area contributed by atoms with Crippen molar-refractivity contribution in [1.29, 1.82) is 0 Å². The van der Waals surface area contributed by atoms with E-state index in [0.29, 0.717) is 5.69 Å². The zero-order chi connectivity index (χ0) is 19.6. The van der Waals surface area contributed by atoms with Crippen molar-refractivity contribution in [3.05, 3.63) is 41.6 Å². The second-order valence-corrected chi connectivity index (χ2v) is 7.76. The molecular formula is C21H27N3O3. The lowest BCUT2D eigenvalue weighted by molar-refractivity contribution is -0.123. The van der Waals surface area contributed by atoms with Crippen molar-refractivity contribution in [1.82, 2.24) is 4.98 Å². The Bertz CT molecular complexity index is 826. The molecule has 2 heterocycles. The minimum absolute atomic E-state index is 0.0232. The summed E-state index contributed by atoms with van der Waals surface area (Å²) in [5.41, 5.74) is 2.77. The summed E-state index contributed by atoms with van der Waals surface area (Å²) in [7, 11) is 3.31. The maximum absolute atomic E-state index is 12.1. The van der Waals surface area contributed by atoms with Crippen molar-refractivity contribution in [2.24, 2.45) is 5.41 Å². The molecule has 1 aromatic carbocycles. The Morgan fingerprint density at radius 1 is 1.11 bits per heavy atom. The minimum atomic E-state index is -0.435. The number of nitrogens with zero attached hydrogens (tertiary/aromatic N) is 2. The predicted octanol–water partition coefficient (Wildman–Crippen LogP) is 3.65. The van der Waals surface area contributed by atoms with Crippen LogP contribution >= 0.6 is 0 Å². The number of pyridine rings is 1. The zero-order valence-electron chi connectivity index (χ0n) is 16.6. The third-order valence-corrected chi connectivity index (χ3v) is 4.73. The average Bonchev–Trinajstić information content (AvgIpc) is 2.66. The molecule has 0 atom stereocenters. The number of amides is 1. The topological polar surface area (TPSA) is 63.7 Å². The summed E-state index contributed by atoms with van der Waals surface area (Å²) in [4.78, 5) is 18.9. The van der Waals surface area contributed by atoms with Crippen LogP contribution in [0.3, 0.4) is 0 Å². The molecule has 6 nitrogen and oxygen atoms in total.